The van der Waals surface area contributed by atoms with Crippen LogP contribution in [-0.2, 0) is 16.1 Å². The lowest BCUT2D eigenvalue weighted by molar-refractivity contribution is -0.143. The van der Waals surface area contributed by atoms with Crippen LogP contribution >= 0.6 is 0 Å². The average Bonchev–Trinajstić information content (AvgIpc) is 2.71. The summed E-state index contributed by atoms with van der Waals surface area (Å²) in [6.45, 7) is 7.29. The summed E-state index contributed by atoms with van der Waals surface area (Å²) in [7, 11) is 1.57. The van der Waals surface area contributed by atoms with Gasteiger partial charge in [-0.05, 0) is 57.0 Å². The molecule has 1 atom stereocenters. The van der Waals surface area contributed by atoms with E-state index >= 15 is 0 Å². The molecule has 2 amide bonds. The van der Waals surface area contributed by atoms with E-state index in [4.69, 9.17) is 9.47 Å². The number of amides is 2. The molecule has 0 unspecified atom stereocenters. The molecule has 0 heterocycles. The number of ether oxygens (including phenoxy) is 2. The Labute approximate surface area is 183 Å². The summed E-state index contributed by atoms with van der Waals surface area (Å²) in [4.78, 5) is 27.5. The van der Waals surface area contributed by atoms with Crippen molar-refractivity contribution in [3.8, 4) is 11.5 Å². The van der Waals surface area contributed by atoms with Gasteiger partial charge in [-0.1, -0.05) is 31.2 Å². The average molecular weight is 431 g/mol. The van der Waals surface area contributed by atoms with E-state index in [0.717, 1.165) is 5.56 Å². The second kappa shape index (κ2) is 10.8. The van der Waals surface area contributed by atoms with E-state index in [0.29, 0.717) is 12.2 Å². The van der Waals surface area contributed by atoms with E-state index in [1.165, 1.54) is 17.0 Å². The lowest BCUT2D eigenvalue weighted by Crippen LogP contribution is -2.54. The number of carbonyl (C=O) groups excluding carboxylic acids is 2. The number of methoxy groups -OCH3 is 1. The van der Waals surface area contributed by atoms with Crippen molar-refractivity contribution in [2.45, 2.75) is 52.2 Å². The maximum Gasteiger partial charge on any atom is 0.261 e. The van der Waals surface area contributed by atoms with Crippen molar-refractivity contribution in [1.29, 1.82) is 0 Å². The highest BCUT2D eigenvalue weighted by Crippen LogP contribution is 2.19. The van der Waals surface area contributed by atoms with E-state index in [1.807, 2.05) is 45.9 Å². The normalized spacial score (nSPS) is 12.1. The van der Waals surface area contributed by atoms with Gasteiger partial charge in [-0.2, -0.15) is 0 Å². The van der Waals surface area contributed by atoms with Crippen LogP contribution in [0.3, 0.4) is 0 Å². The molecule has 7 heteroatoms. The van der Waals surface area contributed by atoms with E-state index in [2.05, 4.69) is 5.32 Å². The van der Waals surface area contributed by atoms with Crippen LogP contribution in [0.2, 0.25) is 0 Å². The van der Waals surface area contributed by atoms with Gasteiger partial charge in [-0.25, -0.2) is 4.39 Å². The van der Waals surface area contributed by atoms with Crippen LogP contribution in [0.15, 0.2) is 48.5 Å². The van der Waals surface area contributed by atoms with Gasteiger partial charge in [-0.15, -0.1) is 0 Å². The SMILES string of the molecule is CC[C@@H](C(=O)NC(C)(C)C)N(Cc1cccc(OC)c1)C(=O)COc1ccccc1F. The molecule has 0 aliphatic carbocycles. The number of hydrogen-bond acceptors (Lipinski definition) is 4. The van der Waals surface area contributed by atoms with Crippen molar-refractivity contribution in [3.05, 3.63) is 59.9 Å². The van der Waals surface area contributed by atoms with Crippen molar-refractivity contribution in [2.24, 2.45) is 0 Å². The van der Waals surface area contributed by atoms with Crippen LogP contribution in [0.25, 0.3) is 0 Å². The second-order valence-corrected chi connectivity index (χ2v) is 8.26. The van der Waals surface area contributed by atoms with Crippen LogP contribution in [-0.4, -0.2) is 42.0 Å². The molecule has 0 aliphatic heterocycles. The largest absolute Gasteiger partial charge is 0.497 e. The third-order valence-electron chi connectivity index (χ3n) is 4.56. The molecule has 6 nitrogen and oxygen atoms in total. The predicted octanol–water partition coefficient (Wildman–Crippen LogP) is 3.94. The number of benzene rings is 2. The fourth-order valence-electron chi connectivity index (χ4n) is 3.12. The highest BCUT2D eigenvalue weighted by atomic mass is 19.1. The van der Waals surface area contributed by atoms with E-state index in [1.54, 1.807) is 25.3 Å². The number of hydrogen-bond donors (Lipinski definition) is 1. The highest BCUT2D eigenvalue weighted by molar-refractivity contribution is 5.88. The standard InChI is InChI=1S/C24H31FN2O4/c1-6-20(23(29)26-24(2,3)4)27(15-17-10-9-11-18(14-17)30-5)22(28)16-31-21-13-8-7-12-19(21)25/h7-14,20H,6,15-16H2,1-5H3,(H,26,29)/t20-/m0/s1. The maximum atomic E-state index is 13.9. The molecule has 168 valence electrons. The fourth-order valence-corrected chi connectivity index (χ4v) is 3.12. The number of carbonyl (C=O) groups is 2. The maximum absolute atomic E-state index is 13.9. The molecule has 1 N–H and O–H groups in total. The molecule has 0 saturated heterocycles. The van der Waals surface area contributed by atoms with Crippen LogP contribution in [0, 0.1) is 5.82 Å². The Hall–Kier alpha value is -3.09. The Morgan fingerprint density at radius 2 is 1.84 bits per heavy atom. The zero-order valence-corrected chi connectivity index (χ0v) is 18.8. The lowest BCUT2D eigenvalue weighted by atomic mass is 10.1. The minimum absolute atomic E-state index is 0.00984. The molecule has 0 spiro atoms. The van der Waals surface area contributed by atoms with Gasteiger partial charge in [-0.3, -0.25) is 9.59 Å². The van der Waals surface area contributed by atoms with Gasteiger partial charge in [0.05, 0.1) is 7.11 Å². The number of halogens is 1. The summed E-state index contributed by atoms with van der Waals surface area (Å²) in [5.41, 5.74) is 0.361. The molecule has 31 heavy (non-hydrogen) atoms. The molecule has 2 aromatic carbocycles. The lowest BCUT2D eigenvalue weighted by Gasteiger charge is -2.33. The van der Waals surface area contributed by atoms with Crippen LogP contribution in [0.4, 0.5) is 4.39 Å². The predicted molar refractivity (Wildman–Crippen MR) is 117 cm³/mol. The Morgan fingerprint density at radius 3 is 2.45 bits per heavy atom. The zero-order valence-electron chi connectivity index (χ0n) is 18.8. The van der Waals surface area contributed by atoms with Gasteiger partial charge in [0.1, 0.15) is 11.8 Å². The molecule has 0 bridgehead atoms. The quantitative estimate of drug-likeness (QED) is 0.655. The van der Waals surface area contributed by atoms with Gasteiger partial charge >= 0.3 is 0 Å². The van der Waals surface area contributed by atoms with Crippen molar-refractivity contribution in [3.63, 3.8) is 0 Å². The Balaban J connectivity index is 2.27. The first-order valence-corrected chi connectivity index (χ1v) is 10.3. The van der Waals surface area contributed by atoms with E-state index in [9.17, 15) is 14.0 Å². The van der Waals surface area contributed by atoms with E-state index in [-0.39, 0.29) is 24.8 Å². The van der Waals surface area contributed by atoms with E-state index < -0.39 is 23.3 Å². The first-order valence-electron chi connectivity index (χ1n) is 10.3. The molecule has 2 aromatic rings. The first-order chi connectivity index (χ1) is 14.6. The minimum Gasteiger partial charge on any atom is -0.497 e. The number of nitrogens with zero attached hydrogens (tertiary/aromatic N) is 1. The third kappa shape index (κ3) is 7.27. The third-order valence-corrected chi connectivity index (χ3v) is 4.56. The Bertz CT molecular complexity index is 895. The fraction of sp³-hybridized carbons (Fsp3) is 0.417. The number of para-hydroxylation sites is 1. The summed E-state index contributed by atoms with van der Waals surface area (Å²) in [6.07, 6.45) is 0.414. The van der Waals surface area contributed by atoms with Crippen molar-refractivity contribution in [1.82, 2.24) is 10.2 Å². The monoisotopic (exact) mass is 430 g/mol. The van der Waals surface area contributed by atoms with Crippen molar-refractivity contribution >= 4 is 11.8 Å². The topological polar surface area (TPSA) is 67.9 Å². The van der Waals surface area contributed by atoms with Crippen molar-refractivity contribution < 1.29 is 23.5 Å². The van der Waals surface area contributed by atoms with Gasteiger partial charge in [0.2, 0.25) is 5.91 Å². The van der Waals surface area contributed by atoms with Gasteiger partial charge in [0, 0.05) is 12.1 Å². The second-order valence-electron chi connectivity index (χ2n) is 8.26. The Kier molecular flexibility index (Phi) is 8.42. The summed E-state index contributed by atoms with van der Waals surface area (Å²) < 4.78 is 24.6. The van der Waals surface area contributed by atoms with Crippen LogP contribution in [0.1, 0.15) is 39.7 Å². The van der Waals surface area contributed by atoms with Gasteiger partial charge in [0.25, 0.3) is 5.91 Å². The molecule has 2 rings (SSSR count). The smallest absolute Gasteiger partial charge is 0.261 e. The summed E-state index contributed by atoms with van der Waals surface area (Å²) >= 11 is 0. The molecule has 0 aromatic heterocycles. The zero-order chi connectivity index (χ0) is 23.0. The van der Waals surface area contributed by atoms with Crippen molar-refractivity contribution in [2.75, 3.05) is 13.7 Å². The molecule has 0 fully saturated rings. The molecule has 0 radical (unpaired) electrons. The van der Waals surface area contributed by atoms with Crippen LogP contribution < -0.4 is 14.8 Å². The first kappa shape index (κ1) is 24.2. The molecule has 0 saturated carbocycles. The molecule has 0 aliphatic rings. The van der Waals surface area contributed by atoms with Gasteiger partial charge in [0.15, 0.2) is 18.2 Å². The summed E-state index contributed by atoms with van der Waals surface area (Å²) in [6, 6.07) is 12.5. The van der Waals surface area contributed by atoms with Crippen LogP contribution in [0.5, 0.6) is 11.5 Å². The molecular formula is C24H31FN2O4. The van der Waals surface area contributed by atoms with Gasteiger partial charge < -0.3 is 19.7 Å². The summed E-state index contributed by atoms with van der Waals surface area (Å²) in [5, 5.41) is 2.94. The Morgan fingerprint density at radius 1 is 1.13 bits per heavy atom. The number of rotatable bonds is 9. The number of nitrogens with one attached hydrogen (secondary N) is 1. The highest BCUT2D eigenvalue weighted by Gasteiger charge is 2.31. The minimum atomic E-state index is -0.706. The summed E-state index contributed by atoms with van der Waals surface area (Å²) in [5.74, 6) is -0.574. The molecular weight excluding hydrogens is 399 g/mol.